The van der Waals surface area contributed by atoms with Crippen molar-refractivity contribution in [2.24, 2.45) is 0 Å². The van der Waals surface area contributed by atoms with Gasteiger partial charge in [0.15, 0.2) is 0 Å². The van der Waals surface area contributed by atoms with Crippen molar-refractivity contribution >= 4 is 44.1 Å². The van der Waals surface area contributed by atoms with E-state index in [1.165, 1.54) is 27.5 Å². The monoisotopic (exact) mass is 408 g/mol. The molecule has 144 valence electrons. The molecular formula is C23H24N2OS2. The van der Waals surface area contributed by atoms with E-state index in [2.05, 4.69) is 46.4 Å². The van der Waals surface area contributed by atoms with Crippen molar-refractivity contribution in [1.29, 1.82) is 0 Å². The van der Waals surface area contributed by atoms with Gasteiger partial charge in [-0.3, -0.25) is 4.90 Å². The van der Waals surface area contributed by atoms with Crippen LogP contribution in [0.1, 0.15) is 21.6 Å². The molecule has 28 heavy (non-hydrogen) atoms. The summed E-state index contributed by atoms with van der Waals surface area (Å²) in [6.45, 7) is 3.48. The Kier molecular flexibility index (Phi) is 5.16. The first kappa shape index (κ1) is 18.3. The Hall–Kier alpha value is -1.79. The molecule has 5 rings (SSSR count). The maximum atomic E-state index is 9.63. The highest BCUT2D eigenvalue weighted by Gasteiger charge is 2.20. The Morgan fingerprint density at radius 2 is 2.04 bits per heavy atom. The Labute approximate surface area is 173 Å². The molecule has 0 spiro atoms. The summed E-state index contributed by atoms with van der Waals surface area (Å²) in [5, 5.41) is 12.3. The summed E-state index contributed by atoms with van der Waals surface area (Å²) < 4.78 is 1.43. The maximum absolute atomic E-state index is 9.63. The fourth-order valence-electron chi connectivity index (χ4n) is 4.25. The number of fused-ring (bicyclic) bond motifs is 4. The second-order valence-electron chi connectivity index (χ2n) is 7.39. The van der Waals surface area contributed by atoms with Crippen LogP contribution in [0.2, 0.25) is 0 Å². The van der Waals surface area contributed by atoms with Gasteiger partial charge >= 0.3 is 0 Å². The summed E-state index contributed by atoms with van der Waals surface area (Å²) >= 11 is 3.96. The number of rotatable bonds is 6. The molecule has 0 radical (unpaired) electrons. The summed E-state index contributed by atoms with van der Waals surface area (Å²) in [5.74, 6) is 2.12. The average Bonchev–Trinajstić information content (AvgIpc) is 3.32. The number of thioether (sulfide) groups is 1. The van der Waals surface area contributed by atoms with E-state index in [0.29, 0.717) is 0 Å². The quantitative estimate of drug-likeness (QED) is 0.433. The van der Waals surface area contributed by atoms with Crippen LogP contribution in [0.5, 0.6) is 0 Å². The van der Waals surface area contributed by atoms with E-state index in [-0.39, 0.29) is 6.61 Å². The Balaban J connectivity index is 1.19. The highest BCUT2D eigenvalue weighted by atomic mass is 32.2. The highest BCUT2D eigenvalue weighted by Crippen LogP contribution is 2.35. The molecule has 0 bridgehead atoms. The molecule has 0 saturated carbocycles. The first-order chi connectivity index (χ1) is 13.8. The average molecular weight is 409 g/mol. The molecule has 4 aromatic rings. The lowest BCUT2D eigenvalue weighted by molar-refractivity contribution is 0.274. The second kappa shape index (κ2) is 7.91. The van der Waals surface area contributed by atoms with E-state index in [1.807, 2.05) is 35.2 Å². The number of H-pyrrole nitrogens is 1. The number of aromatic nitrogens is 1. The number of benzene rings is 2. The number of aliphatic hydroxyl groups is 1. The van der Waals surface area contributed by atoms with Crippen LogP contribution in [0, 0.1) is 0 Å². The molecule has 3 nitrogen and oxygen atoms in total. The molecule has 2 N–H and O–H groups in total. The van der Waals surface area contributed by atoms with Crippen molar-refractivity contribution in [3.63, 3.8) is 0 Å². The third-order valence-electron chi connectivity index (χ3n) is 5.68. The predicted octanol–water partition coefficient (Wildman–Crippen LogP) is 5.17. The number of nitrogens with zero attached hydrogens (tertiary/aromatic N) is 1. The van der Waals surface area contributed by atoms with Crippen LogP contribution in [0.25, 0.3) is 21.0 Å². The van der Waals surface area contributed by atoms with Gasteiger partial charge in [0, 0.05) is 57.8 Å². The standard InChI is InChI=1S/C23H24N2OS2/c26-14-16-4-3-6-20-23(16)17(12-24-20)15-27-11-10-25-9-8-19-18-5-1-2-7-21(18)28-22(19)13-25/h1-7,12,24,26H,8-11,13-15H2. The van der Waals surface area contributed by atoms with E-state index in [4.69, 9.17) is 0 Å². The van der Waals surface area contributed by atoms with E-state index < -0.39 is 0 Å². The Morgan fingerprint density at radius 3 is 2.96 bits per heavy atom. The highest BCUT2D eigenvalue weighted by molar-refractivity contribution is 7.98. The SMILES string of the molecule is OCc1cccc2[nH]cc(CSCCN3CCc4c(sc5ccccc45)C3)c12. The van der Waals surface area contributed by atoms with Crippen molar-refractivity contribution in [2.75, 3.05) is 18.8 Å². The third-order valence-corrected chi connectivity index (χ3v) is 7.86. The summed E-state index contributed by atoms with van der Waals surface area (Å²) in [6, 6.07) is 14.9. The van der Waals surface area contributed by atoms with Gasteiger partial charge in [0.2, 0.25) is 0 Å². The van der Waals surface area contributed by atoms with Crippen molar-refractivity contribution in [3.05, 3.63) is 70.2 Å². The Bertz CT molecular complexity index is 1110. The van der Waals surface area contributed by atoms with Gasteiger partial charge in [-0.05, 0) is 40.6 Å². The van der Waals surface area contributed by atoms with E-state index in [1.54, 1.807) is 10.4 Å². The number of thiophene rings is 1. The van der Waals surface area contributed by atoms with Crippen molar-refractivity contribution in [3.8, 4) is 0 Å². The van der Waals surface area contributed by atoms with Crippen LogP contribution >= 0.6 is 23.1 Å². The minimum atomic E-state index is 0.0954. The van der Waals surface area contributed by atoms with Crippen molar-refractivity contribution in [1.82, 2.24) is 9.88 Å². The molecule has 3 heterocycles. The lowest BCUT2D eigenvalue weighted by Crippen LogP contribution is -2.31. The molecule has 0 fully saturated rings. The largest absolute Gasteiger partial charge is 0.392 e. The molecule has 0 aliphatic carbocycles. The van der Waals surface area contributed by atoms with Crippen LogP contribution < -0.4 is 0 Å². The van der Waals surface area contributed by atoms with Gasteiger partial charge in [0.05, 0.1) is 6.61 Å². The molecule has 0 atom stereocenters. The zero-order valence-corrected chi connectivity index (χ0v) is 17.4. The zero-order valence-electron chi connectivity index (χ0n) is 15.8. The minimum Gasteiger partial charge on any atom is -0.392 e. The molecule has 0 amide bonds. The van der Waals surface area contributed by atoms with Crippen LogP contribution in [0.15, 0.2) is 48.7 Å². The van der Waals surface area contributed by atoms with Gasteiger partial charge in [-0.2, -0.15) is 11.8 Å². The number of hydrogen-bond donors (Lipinski definition) is 2. The summed E-state index contributed by atoms with van der Waals surface area (Å²) in [7, 11) is 0. The number of aromatic amines is 1. The second-order valence-corrected chi connectivity index (χ2v) is 9.63. The maximum Gasteiger partial charge on any atom is 0.0688 e. The molecule has 0 unspecified atom stereocenters. The summed E-state index contributed by atoms with van der Waals surface area (Å²) in [5.41, 5.74) is 5.02. The minimum absolute atomic E-state index is 0.0954. The van der Waals surface area contributed by atoms with Gasteiger partial charge in [0.25, 0.3) is 0 Å². The van der Waals surface area contributed by atoms with Gasteiger partial charge in [-0.25, -0.2) is 0 Å². The van der Waals surface area contributed by atoms with Crippen LogP contribution in [-0.4, -0.2) is 33.8 Å². The van der Waals surface area contributed by atoms with Crippen molar-refractivity contribution in [2.45, 2.75) is 25.3 Å². The van der Waals surface area contributed by atoms with E-state index >= 15 is 0 Å². The number of aliphatic hydroxyl groups excluding tert-OH is 1. The first-order valence-electron chi connectivity index (χ1n) is 9.81. The smallest absolute Gasteiger partial charge is 0.0688 e. The normalized spacial score (nSPS) is 14.8. The van der Waals surface area contributed by atoms with E-state index in [0.717, 1.165) is 42.2 Å². The lowest BCUT2D eigenvalue weighted by Gasteiger charge is -2.26. The number of hydrogen-bond acceptors (Lipinski definition) is 4. The fourth-order valence-corrected chi connectivity index (χ4v) is 6.53. The molecule has 0 saturated heterocycles. The molecular weight excluding hydrogens is 384 g/mol. The molecule has 1 aliphatic rings. The van der Waals surface area contributed by atoms with Crippen LogP contribution in [-0.2, 0) is 25.3 Å². The topological polar surface area (TPSA) is 39.3 Å². The molecule has 2 aromatic carbocycles. The molecule has 5 heteroatoms. The molecule has 2 aromatic heterocycles. The Morgan fingerprint density at radius 1 is 1.11 bits per heavy atom. The molecule has 1 aliphatic heterocycles. The summed E-state index contributed by atoms with van der Waals surface area (Å²) in [6.07, 6.45) is 3.27. The van der Waals surface area contributed by atoms with Gasteiger partial charge < -0.3 is 10.1 Å². The fraction of sp³-hybridized carbons (Fsp3) is 0.304. The summed E-state index contributed by atoms with van der Waals surface area (Å²) in [4.78, 5) is 7.50. The third kappa shape index (κ3) is 3.37. The lowest BCUT2D eigenvalue weighted by atomic mass is 10.0. The van der Waals surface area contributed by atoms with Crippen molar-refractivity contribution < 1.29 is 5.11 Å². The van der Waals surface area contributed by atoms with Gasteiger partial charge in [0.1, 0.15) is 0 Å². The zero-order chi connectivity index (χ0) is 18.9. The van der Waals surface area contributed by atoms with Crippen LogP contribution in [0.3, 0.4) is 0 Å². The number of nitrogens with one attached hydrogen (secondary N) is 1. The van der Waals surface area contributed by atoms with Gasteiger partial charge in [-0.1, -0.05) is 30.3 Å². The van der Waals surface area contributed by atoms with E-state index in [9.17, 15) is 5.11 Å². The first-order valence-corrected chi connectivity index (χ1v) is 11.8. The predicted molar refractivity (Wildman–Crippen MR) is 121 cm³/mol. The van der Waals surface area contributed by atoms with Crippen LogP contribution in [0.4, 0.5) is 0 Å². The van der Waals surface area contributed by atoms with Gasteiger partial charge in [-0.15, -0.1) is 11.3 Å².